The lowest BCUT2D eigenvalue weighted by Crippen LogP contribution is -2.47. The number of carbonyl (C=O) groups is 2. The van der Waals surface area contributed by atoms with Crippen molar-refractivity contribution in [1.29, 1.82) is 5.26 Å². The number of amides is 2. The zero-order valence-electron chi connectivity index (χ0n) is 12.2. The molecule has 5 nitrogen and oxygen atoms in total. The largest absolute Gasteiger partial charge is 0.350 e. The van der Waals surface area contributed by atoms with Gasteiger partial charge in [0.25, 0.3) is 0 Å². The van der Waals surface area contributed by atoms with Crippen molar-refractivity contribution in [3.63, 3.8) is 0 Å². The van der Waals surface area contributed by atoms with Crippen molar-refractivity contribution in [1.82, 2.24) is 5.32 Å². The maximum absolute atomic E-state index is 12.0. The van der Waals surface area contributed by atoms with Gasteiger partial charge in [-0.05, 0) is 32.9 Å². The summed E-state index contributed by atoms with van der Waals surface area (Å²) in [5, 5.41) is 11.9. The molecule has 0 aliphatic carbocycles. The second kappa shape index (κ2) is 6.20. The molecule has 0 unspecified atom stereocenters. The van der Waals surface area contributed by atoms with Crippen molar-refractivity contribution >= 4 is 17.5 Å². The van der Waals surface area contributed by atoms with Gasteiger partial charge in [0, 0.05) is 12.5 Å². The number of para-hydroxylation sites is 1. The Morgan fingerprint density at radius 2 is 1.90 bits per heavy atom. The zero-order valence-corrected chi connectivity index (χ0v) is 12.2. The summed E-state index contributed by atoms with van der Waals surface area (Å²) in [5.41, 5.74) is 0.451. The van der Waals surface area contributed by atoms with Gasteiger partial charge >= 0.3 is 0 Å². The van der Waals surface area contributed by atoms with Crippen LogP contribution in [0, 0.1) is 11.3 Å². The topological polar surface area (TPSA) is 73.2 Å². The lowest BCUT2D eigenvalue weighted by molar-refractivity contribution is -0.124. The Balaban J connectivity index is 2.99. The van der Waals surface area contributed by atoms with Crippen LogP contribution in [0.15, 0.2) is 24.3 Å². The lowest BCUT2D eigenvalue weighted by Gasteiger charge is -2.25. The first-order valence-corrected chi connectivity index (χ1v) is 6.33. The van der Waals surface area contributed by atoms with E-state index in [4.69, 9.17) is 5.26 Å². The van der Waals surface area contributed by atoms with Gasteiger partial charge in [0.05, 0.1) is 11.3 Å². The minimum atomic E-state index is -0.367. The Kier molecular flexibility index (Phi) is 4.87. The molecule has 106 valence electrons. The van der Waals surface area contributed by atoms with Crippen LogP contribution in [0.25, 0.3) is 0 Å². The van der Waals surface area contributed by atoms with Gasteiger partial charge in [-0.3, -0.25) is 9.59 Å². The van der Waals surface area contributed by atoms with Crippen LogP contribution in [0.5, 0.6) is 0 Å². The van der Waals surface area contributed by atoms with Gasteiger partial charge in [-0.2, -0.15) is 5.26 Å². The molecule has 1 aromatic carbocycles. The number of hydrogen-bond acceptors (Lipinski definition) is 3. The normalized spacial score (nSPS) is 10.6. The van der Waals surface area contributed by atoms with E-state index in [2.05, 4.69) is 5.32 Å². The summed E-state index contributed by atoms with van der Waals surface area (Å²) in [6, 6.07) is 8.75. The number of carbonyl (C=O) groups excluding carboxylic acids is 2. The number of rotatable bonds is 3. The van der Waals surface area contributed by atoms with E-state index in [0.29, 0.717) is 11.3 Å². The third kappa shape index (κ3) is 4.39. The molecule has 0 saturated heterocycles. The lowest BCUT2D eigenvalue weighted by atomic mass is 10.1. The van der Waals surface area contributed by atoms with Crippen LogP contribution in [0.2, 0.25) is 0 Å². The summed E-state index contributed by atoms with van der Waals surface area (Å²) < 4.78 is 0. The van der Waals surface area contributed by atoms with E-state index in [-0.39, 0.29) is 23.9 Å². The summed E-state index contributed by atoms with van der Waals surface area (Å²) in [6.07, 6.45) is 0. The van der Waals surface area contributed by atoms with E-state index in [1.54, 1.807) is 24.3 Å². The predicted molar refractivity (Wildman–Crippen MR) is 77.1 cm³/mol. The summed E-state index contributed by atoms with van der Waals surface area (Å²) in [5.74, 6) is -0.544. The SMILES string of the molecule is CC(=O)N(CC(=O)NC(C)(C)C)c1ccccc1C#N. The molecule has 1 aromatic rings. The molecule has 2 amide bonds. The van der Waals surface area contributed by atoms with Crippen LogP contribution in [-0.2, 0) is 9.59 Å². The highest BCUT2D eigenvalue weighted by molar-refractivity contribution is 5.98. The number of nitrogens with one attached hydrogen (secondary N) is 1. The molecule has 1 rings (SSSR count). The summed E-state index contributed by atoms with van der Waals surface area (Å²) in [6.45, 7) is 6.87. The van der Waals surface area contributed by atoms with Crippen molar-refractivity contribution in [2.45, 2.75) is 33.2 Å². The van der Waals surface area contributed by atoms with Crippen molar-refractivity contribution in [2.24, 2.45) is 0 Å². The molecule has 0 aromatic heterocycles. The molecular formula is C15H19N3O2. The fourth-order valence-electron chi connectivity index (χ4n) is 1.77. The van der Waals surface area contributed by atoms with Gasteiger partial charge in [0.2, 0.25) is 11.8 Å². The van der Waals surface area contributed by atoms with Gasteiger partial charge in [0.15, 0.2) is 0 Å². The van der Waals surface area contributed by atoms with Crippen LogP contribution in [0.1, 0.15) is 33.3 Å². The monoisotopic (exact) mass is 273 g/mol. The summed E-state index contributed by atoms with van der Waals surface area (Å²) >= 11 is 0. The molecule has 5 heteroatoms. The Labute approximate surface area is 119 Å². The molecule has 1 N–H and O–H groups in total. The summed E-state index contributed by atoms with van der Waals surface area (Å²) in [7, 11) is 0. The minimum Gasteiger partial charge on any atom is -0.350 e. The van der Waals surface area contributed by atoms with Gasteiger partial charge in [-0.1, -0.05) is 12.1 Å². The highest BCUT2D eigenvalue weighted by Gasteiger charge is 2.21. The first-order chi connectivity index (χ1) is 9.24. The van der Waals surface area contributed by atoms with E-state index in [1.165, 1.54) is 11.8 Å². The second-order valence-corrected chi connectivity index (χ2v) is 5.53. The smallest absolute Gasteiger partial charge is 0.240 e. The molecule has 0 fully saturated rings. The molecule has 0 bridgehead atoms. The number of anilines is 1. The number of nitriles is 1. The predicted octanol–water partition coefficient (Wildman–Crippen LogP) is 1.83. The van der Waals surface area contributed by atoms with E-state index in [9.17, 15) is 9.59 Å². The van der Waals surface area contributed by atoms with Crippen molar-refractivity contribution in [3.8, 4) is 6.07 Å². The molecular weight excluding hydrogens is 254 g/mol. The van der Waals surface area contributed by atoms with Crippen molar-refractivity contribution in [3.05, 3.63) is 29.8 Å². The number of hydrogen-bond donors (Lipinski definition) is 1. The Hall–Kier alpha value is -2.35. The Morgan fingerprint density at radius 3 is 2.40 bits per heavy atom. The van der Waals surface area contributed by atoms with Crippen molar-refractivity contribution in [2.75, 3.05) is 11.4 Å². The molecule has 0 heterocycles. The molecule has 0 aliphatic rings. The number of benzene rings is 1. The Morgan fingerprint density at radius 1 is 1.30 bits per heavy atom. The van der Waals surface area contributed by atoms with Gasteiger partial charge in [-0.25, -0.2) is 0 Å². The first kappa shape index (κ1) is 15.7. The molecule has 0 saturated carbocycles. The van der Waals surface area contributed by atoms with E-state index in [0.717, 1.165) is 0 Å². The van der Waals surface area contributed by atoms with Crippen LogP contribution in [0.3, 0.4) is 0 Å². The maximum Gasteiger partial charge on any atom is 0.240 e. The van der Waals surface area contributed by atoms with Crippen LogP contribution in [-0.4, -0.2) is 23.9 Å². The first-order valence-electron chi connectivity index (χ1n) is 6.33. The van der Waals surface area contributed by atoms with Gasteiger partial charge in [-0.15, -0.1) is 0 Å². The molecule has 0 radical (unpaired) electrons. The second-order valence-electron chi connectivity index (χ2n) is 5.53. The van der Waals surface area contributed by atoms with E-state index >= 15 is 0 Å². The standard InChI is InChI=1S/C15H19N3O2/c1-11(19)18(10-14(20)17-15(2,3)4)13-8-6-5-7-12(13)9-16/h5-8H,10H2,1-4H3,(H,17,20). The highest BCUT2D eigenvalue weighted by Crippen LogP contribution is 2.19. The summed E-state index contributed by atoms with van der Waals surface area (Å²) in [4.78, 5) is 25.0. The highest BCUT2D eigenvalue weighted by atomic mass is 16.2. The molecule has 0 atom stereocenters. The van der Waals surface area contributed by atoms with Crippen LogP contribution >= 0.6 is 0 Å². The Bertz CT molecular complexity index is 553. The molecule has 20 heavy (non-hydrogen) atoms. The molecule has 0 aliphatic heterocycles. The minimum absolute atomic E-state index is 0.106. The van der Waals surface area contributed by atoms with E-state index in [1.807, 2.05) is 26.8 Å². The van der Waals surface area contributed by atoms with E-state index < -0.39 is 0 Å². The average molecular weight is 273 g/mol. The van der Waals surface area contributed by atoms with Crippen LogP contribution in [0.4, 0.5) is 5.69 Å². The van der Waals surface area contributed by atoms with Gasteiger partial charge < -0.3 is 10.2 Å². The van der Waals surface area contributed by atoms with Crippen molar-refractivity contribution < 1.29 is 9.59 Å². The number of nitrogens with zero attached hydrogens (tertiary/aromatic N) is 2. The third-order valence-corrected chi connectivity index (χ3v) is 2.51. The average Bonchev–Trinajstić information content (AvgIpc) is 2.33. The zero-order chi connectivity index (χ0) is 15.3. The fourth-order valence-corrected chi connectivity index (χ4v) is 1.77. The molecule has 0 spiro atoms. The fraction of sp³-hybridized carbons (Fsp3) is 0.400. The van der Waals surface area contributed by atoms with Gasteiger partial charge in [0.1, 0.15) is 12.6 Å². The maximum atomic E-state index is 12.0. The quantitative estimate of drug-likeness (QED) is 0.913. The third-order valence-electron chi connectivity index (χ3n) is 2.51. The van der Waals surface area contributed by atoms with Crippen LogP contribution < -0.4 is 10.2 Å².